The largest absolute Gasteiger partial charge is 0.482 e. The summed E-state index contributed by atoms with van der Waals surface area (Å²) in [4.78, 5) is 16.8. The molecule has 0 saturated carbocycles. The molecule has 2 rings (SSSR count). The maximum Gasteiger partial charge on any atom is 0.260 e. The molecule has 0 bridgehead atoms. The third-order valence-electron chi connectivity index (χ3n) is 4.46. The molecule has 0 N–H and O–H groups in total. The highest BCUT2D eigenvalue weighted by Gasteiger charge is 2.31. The van der Waals surface area contributed by atoms with Crippen LogP contribution in [-0.2, 0) is 9.53 Å². The number of ether oxygens (including phenoxy) is 2. The zero-order valence-electron chi connectivity index (χ0n) is 15.0. The van der Waals surface area contributed by atoms with Gasteiger partial charge in [0.05, 0.1) is 5.02 Å². The van der Waals surface area contributed by atoms with Crippen LogP contribution in [0.5, 0.6) is 5.75 Å². The molecule has 1 aromatic rings. The molecule has 1 aliphatic heterocycles. The van der Waals surface area contributed by atoms with Gasteiger partial charge in [0.15, 0.2) is 6.61 Å². The minimum Gasteiger partial charge on any atom is -0.482 e. The van der Waals surface area contributed by atoms with Crippen molar-refractivity contribution in [3.05, 3.63) is 28.2 Å². The van der Waals surface area contributed by atoms with E-state index in [1.807, 2.05) is 4.90 Å². The molecule has 140 valence electrons. The van der Waals surface area contributed by atoms with Crippen LogP contribution in [0.3, 0.4) is 0 Å². The van der Waals surface area contributed by atoms with E-state index in [0.717, 1.165) is 19.6 Å². The topological polar surface area (TPSA) is 42.0 Å². The van der Waals surface area contributed by atoms with E-state index >= 15 is 0 Å². The third kappa shape index (κ3) is 5.74. The maximum atomic E-state index is 12.5. The molecular weight excluding hydrogens is 363 g/mol. The first-order valence-electron chi connectivity index (χ1n) is 8.52. The number of nitrogens with zero attached hydrogens (tertiary/aromatic N) is 2. The van der Waals surface area contributed by atoms with Crippen LogP contribution >= 0.6 is 23.2 Å². The summed E-state index contributed by atoms with van der Waals surface area (Å²) in [6.07, 6.45) is 0.996. The summed E-state index contributed by atoms with van der Waals surface area (Å²) < 4.78 is 10.7. The van der Waals surface area contributed by atoms with Gasteiger partial charge >= 0.3 is 0 Å². The number of piperazine rings is 1. The minimum atomic E-state index is -0.0385. The van der Waals surface area contributed by atoms with Crippen molar-refractivity contribution in [2.75, 3.05) is 40.0 Å². The summed E-state index contributed by atoms with van der Waals surface area (Å²) in [7, 11) is 1.72. The van der Waals surface area contributed by atoms with Gasteiger partial charge in [0, 0.05) is 56.5 Å². The molecule has 0 aromatic heterocycles. The molecule has 2 atom stereocenters. The lowest BCUT2D eigenvalue weighted by molar-refractivity contribution is -0.137. The highest BCUT2D eigenvalue weighted by molar-refractivity contribution is 6.34. The number of amides is 1. The van der Waals surface area contributed by atoms with Crippen LogP contribution in [0.15, 0.2) is 18.2 Å². The van der Waals surface area contributed by atoms with E-state index in [2.05, 4.69) is 18.7 Å². The molecule has 1 saturated heterocycles. The molecule has 2 unspecified atom stereocenters. The fourth-order valence-corrected chi connectivity index (χ4v) is 3.55. The molecule has 0 aliphatic carbocycles. The van der Waals surface area contributed by atoms with Crippen LogP contribution in [0.1, 0.15) is 20.3 Å². The lowest BCUT2D eigenvalue weighted by Crippen LogP contribution is -2.58. The Morgan fingerprint density at radius 2 is 1.92 bits per heavy atom. The standard InChI is InChI=1S/C18H26Cl2N2O3/c1-13-10-21(11-14(2)22(13)7-4-8-24-3)18(23)12-25-17-9-15(19)5-6-16(17)20/h5-6,9,13-14H,4,7-8,10-12H2,1-3H3. The predicted octanol–water partition coefficient (Wildman–Crippen LogP) is 3.33. The first-order valence-corrected chi connectivity index (χ1v) is 9.28. The van der Waals surface area contributed by atoms with Crippen molar-refractivity contribution in [2.45, 2.75) is 32.4 Å². The quantitative estimate of drug-likeness (QED) is 0.671. The van der Waals surface area contributed by atoms with E-state index in [9.17, 15) is 4.79 Å². The van der Waals surface area contributed by atoms with Gasteiger partial charge in [0.2, 0.25) is 0 Å². The number of methoxy groups -OCH3 is 1. The normalized spacial score (nSPS) is 21.4. The van der Waals surface area contributed by atoms with Crippen molar-refractivity contribution in [1.82, 2.24) is 9.80 Å². The molecule has 7 heteroatoms. The highest BCUT2D eigenvalue weighted by Crippen LogP contribution is 2.27. The molecule has 1 aromatic carbocycles. The van der Waals surface area contributed by atoms with E-state index < -0.39 is 0 Å². The van der Waals surface area contributed by atoms with Gasteiger partial charge in [-0.3, -0.25) is 9.69 Å². The number of rotatable bonds is 7. The van der Waals surface area contributed by atoms with Gasteiger partial charge in [0.25, 0.3) is 5.91 Å². The fraction of sp³-hybridized carbons (Fsp3) is 0.611. The van der Waals surface area contributed by atoms with Crippen molar-refractivity contribution in [1.29, 1.82) is 0 Å². The van der Waals surface area contributed by atoms with Gasteiger partial charge in [-0.15, -0.1) is 0 Å². The second-order valence-electron chi connectivity index (χ2n) is 6.44. The van der Waals surface area contributed by atoms with Crippen LogP contribution in [-0.4, -0.2) is 67.7 Å². The van der Waals surface area contributed by atoms with Crippen molar-refractivity contribution >= 4 is 29.1 Å². The molecule has 0 spiro atoms. The van der Waals surface area contributed by atoms with Crippen molar-refractivity contribution in [2.24, 2.45) is 0 Å². The van der Waals surface area contributed by atoms with Gasteiger partial charge in [-0.1, -0.05) is 23.2 Å². The molecule has 1 fully saturated rings. The van der Waals surface area contributed by atoms with Gasteiger partial charge < -0.3 is 14.4 Å². The third-order valence-corrected chi connectivity index (χ3v) is 5.01. The Morgan fingerprint density at radius 1 is 1.24 bits per heavy atom. The lowest BCUT2D eigenvalue weighted by atomic mass is 10.1. The zero-order chi connectivity index (χ0) is 18.4. The first-order chi connectivity index (χ1) is 11.9. The molecule has 1 aliphatic rings. The van der Waals surface area contributed by atoms with Gasteiger partial charge in [-0.25, -0.2) is 0 Å². The number of benzene rings is 1. The zero-order valence-corrected chi connectivity index (χ0v) is 16.5. The smallest absolute Gasteiger partial charge is 0.260 e. The van der Waals surface area contributed by atoms with Crippen molar-refractivity contribution in [3.63, 3.8) is 0 Å². The van der Waals surface area contributed by atoms with Crippen LogP contribution in [0.25, 0.3) is 0 Å². The molecule has 5 nitrogen and oxygen atoms in total. The minimum absolute atomic E-state index is 0.0358. The van der Waals surface area contributed by atoms with Crippen LogP contribution < -0.4 is 4.74 Å². The Balaban J connectivity index is 1.87. The molecule has 0 radical (unpaired) electrons. The molecule has 1 amide bonds. The van der Waals surface area contributed by atoms with Gasteiger partial charge in [-0.05, 0) is 32.4 Å². The van der Waals surface area contributed by atoms with Crippen molar-refractivity contribution in [3.8, 4) is 5.75 Å². The lowest BCUT2D eigenvalue weighted by Gasteiger charge is -2.44. The summed E-state index contributed by atoms with van der Waals surface area (Å²) in [6.45, 7) is 7.39. The van der Waals surface area contributed by atoms with Crippen LogP contribution in [0, 0.1) is 0 Å². The van der Waals surface area contributed by atoms with Gasteiger partial charge in [-0.2, -0.15) is 0 Å². The summed E-state index contributed by atoms with van der Waals surface area (Å²) >= 11 is 12.0. The summed E-state index contributed by atoms with van der Waals surface area (Å²) in [6, 6.07) is 5.58. The SMILES string of the molecule is COCCCN1C(C)CN(C(=O)COc2cc(Cl)ccc2Cl)CC1C. The monoisotopic (exact) mass is 388 g/mol. The van der Waals surface area contributed by atoms with E-state index in [-0.39, 0.29) is 12.5 Å². The molecular formula is C18H26Cl2N2O3. The Morgan fingerprint density at radius 3 is 2.56 bits per heavy atom. The van der Waals surface area contributed by atoms with E-state index in [1.54, 1.807) is 25.3 Å². The Bertz CT molecular complexity index is 573. The Labute approximate surface area is 159 Å². The number of carbonyl (C=O) groups is 1. The Hall–Kier alpha value is -1.01. The summed E-state index contributed by atoms with van der Waals surface area (Å²) in [5, 5.41) is 0.973. The maximum absolute atomic E-state index is 12.5. The summed E-state index contributed by atoms with van der Waals surface area (Å²) in [5.74, 6) is 0.396. The average Bonchev–Trinajstić information content (AvgIpc) is 2.57. The van der Waals surface area contributed by atoms with E-state index in [1.165, 1.54) is 0 Å². The number of halogens is 2. The average molecular weight is 389 g/mol. The predicted molar refractivity (Wildman–Crippen MR) is 101 cm³/mol. The number of carbonyl (C=O) groups excluding carboxylic acids is 1. The van der Waals surface area contributed by atoms with E-state index in [4.69, 9.17) is 32.7 Å². The first kappa shape index (κ1) is 20.3. The second-order valence-corrected chi connectivity index (χ2v) is 7.29. The Kier molecular flexibility index (Phi) is 7.81. The highest BCUT2D eigenvalue weighted by atomic mass is 35.5. The second kappa shape index (κ2) is 9.62. The summed E-state index contributed by atoms with van der Waals surface area (Å²) in [5.41, 5.74) is 0. The fourth-order valence-electron chi connectivity index (χ4n) is 3.21. The number of hydrogen-bond acceptors (Lipinski definition) is 4. The van der Waals surface area contributed by atoms with Crippen molar-refractivity contribution < 1.29 is 14.3 Å². The van der Waals surface area contributed by atoms with Crippen LogP contribution in [0.2, 0.25) is 10.0 Å². The van der Waals surface area contributed by atoms with E-state index in [0.29, 0.717) is 41.0 Å². The van der Waals surface area contributed by atoms with Crippen LogP contribution in [0.4, 0.5) is 0 Å². The molecule has 25 heavy (non-hydrogen) atoms. The molecule has 1 heterocycles. The van der Waals surface area contributed by atoms with Gasteiger partial charge in [0.1, 0.15) is 5.75 Å². The number of hydrogen-bond donors (Lipinski definition) is 0.